The van der Waals surface area contributed by atoms with Crippen LogP contribution in [0.1, 0.15) is 31.9 Å². The molecule has 0 amide bonds. The molecule has 2 unspecified atom stereocenters. The summed E-state index contributed by atoms with van der Waals surface area (Å²) in [6, 6.07) is 9.30. The van der Waals surface area contributed by atoms with E-state index in [0.717, 1.165) is 32.6 Å². The summed E-state index contributed by atoms with van der Waals surface area (Å²) in [5.74, 6) is 0.517. The lowest BCUT2D eigenvalue weighted by Gasteiger charge is -2.26. The summed E-state index contributed by atoms with van der Waals surface area (Å²) in [7, 11) is 0. The van der Waals surface area contributed by atoms with Gasteiger partial charge in [0.1, 0.15) is 0 Å². The maximum atomic E-state index is 4.52. The molecule has 2 atom stereocenters. The van der Waals surface area contributed by atoms with E-state index in [1.54, 1.807) is 0 Å². The highest BCUT2D eigenvalue weighted by atomic mass is 15.3. The quantitative estimate of drug-likeness (QED) is 0.882. The summed E-state index contributed by atoms with van der Waals surface area (Å²) in [5, 5.41) is 8.00. The number of hydrogen-bond donors (Lipinski definition) is 2. The van der Waals surface area contributed by atoms with E-state index in [4.69, 9.17) is 0 Å². The van der Waals surface area contributed by atoms with E-state index >= 15 is 0 Å². The molecule has 2 aliphatic rings. The van der Waals surface area contributed by atoms with Crippen molar-refractivity contribution in [2.24, 2.45) is 11.0 Å². The van der Waals surface area contributed by atoms with Crippen LogP contribution in [0.25, 0.3) is 0 Å². The maximum absolute atomic E-state index is 4.52. The van der Waals surface area contributed by atoms with Crippen molar-refractivity contribution in [3.8, 4) is 0 Å². The van der Waals surface area contributed by atoms with Crippen molar-refractivity contribution >= 4 is 11.4 Å². The summed E-state index contributed by atoms with van der Waals surface area (Å²) < 4.78 is 0. The average Bonchev–Trinajstić information content (AvgIpc) is 2.93. The Labute approximate surface area is 121 Å². The largest absolute Gasteiger partial charge is 0.372 e. The topological polar surface area (TPSA) is 39.7 Å². The molecule has 2 heterocycles. The summed E-state index contributed by atoms with van der Waals surface area (Å²) >= 11 is 0. The van der Waals surface area contributed by atoms with Gasteiger partial charge >= 0.3 is 0 Å². The molecule has 3 rings (SSSR count). The van der Waals surface area contributed by atoms with Crippen molar-refractivity contribution in [1.29, 1.82) is 0 Å². The first-order valence-corrected chi connectivity index (χ1v) is 7.71. The van der Waals surface area contributed by atoms with Crippen LogP contribution < -0.4 is 15.6 Å². The zero-order valence-electron chi connectivity index (χ0n) is 12.4. The molecule has 0 radical (unpaired) electrons. The van der Waals surface area contributed by atoms with Crippen LogP contribution >= 0.6 is 0 Å². The summed E-state index contributed by atoms with van der Waals surface area (Å²) in [5.41, 5.74) is 7.31. The summed E-state index contributed by atoms with van der Waals surface area (Å²) in [6.07, 6.45) is 1.08. The van der Waals surface area contributed by atoms with Gasteiger partial charge in [-0.1, -0.05) is 12.1 Å². The van der Waals surface area contributed by atoms with E-state index in [0.29, 0.717) is 12.0 Å². The Balaban J connectivity index is 1.75. The molecule has 2 aliphatic heterocycles. The lowest BCUT2D eigenvalue weighted by Crippen LogP contribution is -2.38. The zero-order valence-corrected chi connectivity index (χ0v) is 12.4. The SMILES string of the molecule is CCN(CC)c1ccc(C2NN=C3CCNCC32)cc1. The Bertz CT molecular complexity index is 476. The first-order chi connectivity index (χ1) is 9.83. The van der Waals surface area contributed by atoms with Crippen LogP contribution in [0.4, 0.5) is 5.69 Å². The van der Waals surface area contributed by atoms with Gasteiger partial charge in [-0.2, -0.15) is 5.10 Å². The Morgan fingerprint density at radius 1 is 1.20 bits per heavy atom. The summed E-state index contributed by atoms with van der Waals surface area (Å²) in [6.45, 7) is 8.60. The number of benzene rings is 1. The number of fused-ring (bicyclic) bond motifs is 1. The first-order valence-electron chi connectivity index (χ1n) is 7.71. The molecule has 4 nitrogen and oxygen atoms in total. The average molecular weight is 272 g/mol. The molecule has 4 heteroatoms. The highest BCUT2D eigenvalue weighted by molar-refractivity contribution is 5.89. The number of nitrogens with zero attached hydrogens (tertiary/aromatic N) is 2. The second-order valence-corrected chi connectivity index (χ2v) is 5.53. The van der Waals surface area contributed by atoms with E-state index < -0.39 is 0 Å². The van der Waals surface area contributed by atoms with Crippen LogP contribution in [0.2, 0.25) is 0 Å². The Hall–Kier alpha value is -1.55. The van der Waals surface area contributed by atoms with E-state index in [-0.39, 0.29) is 0 Å². The normalized spacial score (nSPS) is 24.8. The van der Waals surface area contributed by atoms with Crippen LogP contribution in [0, 0.1) is 5.92 Å². The van der Waals surface area contributed by atoms with Gasteiger partial charge in [0.2, 0.25) is 0 Å². The van der Waals surface area contributed by atoms with Crippen LogP contribution in [0.15, 0.2) is 29.4 Å². The van der Waals surface area contributed by atoms with E-state index in [1.165, 1.54) is 17.0 Å². The lowest BCUT2D eigenvalue weighted by molar-refractivity contribution is 0.451. The fourth-order valence-electron chi connectivity index (χ4n) is 3.26. The Kier molecular flexibility index (Phi) is 3.92. The maximum Gasteiger partial charge on any atom is 0.0782 e. The fraction of sp³-hybridized carbons (Fsp3) is 0.562. The van der Waals surface area contributed by atoms with Gasteiger partial charge in [-0.25, -0.2) is 0 Å². The molecule has 1 saturated heterocycles. The number of hydrogen-bond acceptors (Lipinski definition) is 4. The van der Waals surface area contributed by atoms with Gasteiger partial charge in [-0.15, -0.1) is 0 Å². The minimum absolute atomic E-state index is 0.337. The van der Waals surface area contributed by atoms with Gasteiger partial charge in [0, 0.05) is 49.9 Å². The van der Waals surface area contributed by atoms with Gasteiger partial charge in [-0.3, -0.25) is 0 Å². The molecule has 1 aromatic carbocycles. The van der Waals surface area contributed by atoms with Crippen molar-refractivity contribution in [3.05, 3.63) is 29.8 Å². The monoisotopic (exact) mass is 272 g/mol. The molecular formula is C16H24N4. The van der Waals surface area contributed by atoms with Crippen LogP contribution in [-0.2, 0) is 0 Å². The highest BCUT2D eigenvalue weighted by Crippen LogP contribution is 2.31. The standard InChI is InChI=1S/C16H24N4/c1-3-20(4-2)13-7-5-12(6-8-13)16-14-11-17-10-9-15(14)18-19-16/h5-8,14,16-17,19H,3-4,9-11H2,1-2H3. The molecule has 0 aromatic heterocycles. The number of nitrogens with one attached hydrogen (secondary N) is 2. The Morgan fingerprint density at radius 3 is 2.65 bits per heavy atom. The number of anilines is 1. The van der Waals surface area contributed by atoms with Crippen molar-refractivity contribution in [1.82, 2.24) is 10.7 Å². The van der Waals surface area contributed by atoms with Crippen molar-refractivity contribution < 1.29 is 0 Å². The van der Waals surface area contributed by atoms with Gasteiger partial charge in [-0.05, 0) is 31.5 Å². The molecule has 0 spiro atoms. The summed E-state index contributed by atoms with van der Waals surface area (Å²) in [4.78, 5) is 2.37. The molecule has 108 valence electrons. The van der Waals surface area contributed by atoms with Crippen molar-refractivity contribution in [2.45, 2.75) is 26.3 Å². The molecule has 0 bridgehead atoms. The zero-order chi connectivity index (χ0) is 13.9. The van der Waals surface area contributed by atoms with Gasteiger partial charge in [0.05, 0.1) is 6.04 Å². The molecule has 1 aromatic rings. The van der Waals surface area contributed by atoms with Crippen LogP contribution in [-0.4, -0.2) is 31.9 Å². The Morgan fingerprint density at radius 2 is 1.95 bits per heavy atom. The molecule has 1 fully saturated rings. The van der Waals surface area contributed by atoms with E-state index in [9.17, 15) is 0 Å². The number of rotatable bonds is 4. The van der Waals surface area contributed by atoms with Crippen molar-refractivity contribution in [2.75, 3.05) is 31.1 Å². The van der Waals surface area contributed by atoms with Crippen molar-refractivity contribution in [3.63, 3.8) is 0 Å². The van der Waals surface area contributed by atoms with Crippen LogP contribution in [0.5, 0.6) is 0 Å². The smallest absolute Gasteiger partial charge is 0.0782 e. The predicted molar refractivity (Wildman–Crippen MR) is 84.3 cm³/mol. The van der Waals surface area contributed by atoms with Crippen LogP contribution in [0.3, 0.4) is 0 Å². The molecule has 0 saturated carbocycles. The number of piperidine rings is 1. The van der Waals surface area contributed by atoms with Gasteiger partial charge in [0.25, 0.3) is 0 Å². The van der Waals surface area contributed by atoms with E-state index in [2.05, 4.69) is 58.9 Å². The second-order valence-electron chi connectivity index (χ2n) is 5.53. The third-order valence-corrected chi connectivity index (χ3v) is 4.48. The molecule has 2 N–H and O–H groups in total. The fourth-order valence-corrected chi connectivity index (χ4v) is 3.26. The highest BCUT2D eigenvalue weighted by Gasteiger charge is 2.34. The lowest BCUT2D eigenvalue weighted by atomic mass is 9.87. The molecular weight excluding hydrogens is 248 g/mol. The van der Waals surface area contributed by atoms with E-state index in [1.807, 2.05) is 0 Å². The van der Waals surface area contributed by atoms with Gasteiger partial charge < -0.3 is 15.6 Å². The third kappa shape index (κ3) is 2.40. The molecule has 20 heavy (non-hydrogen) atoms. The second kappa shape index (κ2) is 5.83. The minimum atomic E-state index is 0.337. The van der Waals surface area contributed by atoms with Gasteiger partial charge in [0.15, 0.2) is 0 Å². The first kappa shape index (κ1) is 13.4. The minimum Gasteiger partial charge on any atom is -0.372 e. The number of hydrazone groups is 1. The third-order valence-electron chi connectivity index (χ3n) is 4.48. The predicted octanol–water partition coefficient (Wildman–Crippen LogP) is 2.14. The molecule has 0 aliphatic carbocycles.